The molecule has 0 atom stereocenters. The lowest BCUT2D eigenvalue weighted by molar-refractivity contribution is 0.286. The molecule has 1 aliphatic rings. The number of nitrogens with two attached hydrogens (primary N) is 1. The Bertz CT molecular complexity index is 502. The number of thiophene rings is 1. The topological polar surface area (TPSA) is 72.2 Å². The van der Waals surface area contributed by atoms with E-state index in [2.05, 4.69) is 11.6 Å². The highest BCUT2D eigenvalue weighted by molar-refractivity contribution is 7.91. The van der Waals surface area contributed by atoms with Crippen molar-refractivity contribution in [2.45, 2.75) is 43.2 Å². The zero-order chi connectivity index (χ0) is 13.2. The van der Waals surface area contributed by atoms with E-state index in [1.807, 2.05) is 0 Å². The fourth-order valence-corrected chi connectivity index (χ4v) is 4.85. The van der Waals surface area contributed by atoms with Gasteiger partial charge in [0.15, 0.2) is 0 Å². The molecule has 0 aliphatic heterocycles. The smallest absolute Gasteiger partial charge is 0.250 e. The number of hydrogen-bond acceptors (Lipinski definition) is 4. The quantitative estimate of drug-likeness (QED) is 0.874. The van der Waals surface area contributed by atoms with Crippen molar-refractivity contribution in [3.63, 3.8) is 0 Å². The van der Waals surface area contributed by atoms with Crippen LogP contribution in [0.1, 0.15) is 39.0 Å². The van der Waals surface area contributed by atoms with Crippen LogP contribution >= 0.6 is 11.3 Å². The molecular weight excluding hydrogens is 268 g/mol. The van der Waals surface area contributed by atoms with E-state index >= 15 is 0 Å². The number of nitrogen functional groups attached to an aromatic ring is 1. The summed E-state index contributed by atoms with van der Waals surface area (Å²) in [5, 5.41) is 1.65. The highest BCUT2D eigenvalue weighted by Gasteiger charge is 2.33. The van der Waals surface area contributed by atoms with Crippen molar-refractivity contribution in [1.82, 2.24) is 4.72 Å². The molecule has 1 aromatic rings. The highest BCUT2D eigenvalue weighted by Crippen LogP contribution is 2.40. The van der Waals surface area contributed by atoms with E-state index in [1.54, 1.807) is 5.38 Å². The highest BCUT2D eigenvalue weighted by atomic mass is 32.2. The van der Waals surface area contributed by atoms with E-state index in [4.69, 9.17) is 5.73 Å². The van der Waals surface area contributed by atoms with Gasteiger partial charge in [0.05, 0.1) is 0 Å². The van der Waals surface area contributed by atoms with Gasteiger partial charge in [-0.25, -0.2) is 13.1 Å². The third kappa shape index (κ3) is 2.87. The molecule has 18 heavy (non-hydrogen) atoms. The van der Waals surface area contributed by atoms with Crippen LogP contribution in [-0.2, 0) is 10.0 Å². The van der Waals surface area contributed by atoms with Crippen molar-refractivity contribution in [2.75, 3.05) is 12.3 Å². The van der Waals surface area contributed by atoms with E-state index in [9.17, 15) is 8.42 Å². The molecular formula is C12H20N2O2S2. The molecule has 6 heteroatoms. The van der Waals surface area contributed by atoms with Gasteiger partial charge in [-0.05, 0) is 30.7 Å². The number of rotatable bonds is 5. The minimum absolute atomic E-state index is 0.163. The predicted octanol–water partition coefficient (Wildman–Crippen LogP) is 2.58. The largest absolute Gasteiger partial charge is 0.398 e. The number of nitrogens with one attached hydrogen (secondary N) is 1. The fourth-order valence-electron chi connectivity index (χ4n) is 2.57. The van der Waals surface area contributed by atoms with Gasteiger partial charge in [-0.3, -0.25) is 0 Å². The second-order valence-electron chi connectivity index (χ2n) is 5.08. The van der Waals surface area contributed by atoms with Crippen LogP contribution < -0.4 is 10.5 Å². The Kier molecular flexibility index (Phi) is 3.99. The summed E-state index contributed by atoms with van der Waals surface area (Å²) in [6.07, 6.45) is 5.70. The Morgan fingerprint density at radius 3 is 2.61 bits per heavy atom. The normalized spacial score (nSPS) is 19.2. The van der Waals surface area contributed by atoms with Crippen LogP contribution in [0, 0.1) is 5.41 Å². The SMILES string of the molecule is CCC1(CNS(=O)(=O)c2cc(N)cs2)CCCC1. The molecule has 0 spiro atoms. The van der Waals surface area contributed by atoms with E-state index < -0.39 is 10.0 Å². The minimum Gasteiger partial charge on any atom is -0.398 e. The average molecular weight is 288 g/mol. The molecule has 102 valence electrons. The van der Waals surface area contributed by atoms with Crippen LogP contribution in [-0.4, -0.2) is 15.0 Å². The monoisotopic (exact) mass is 288 g/mol. The average Bonchev–Trinajstić information content (AvgIpc) is 2.96. The summed E-state index contributed by atoms with van der Waals surface area (Å²) in [4.78, 5) is 0. The first-order valence-electron chi connectivity index (χ1n) is 6.31. The van der Waals surface area contributed by atoms with Crippen LogP contribution in [0.25, 0.3) is 0 Å². The molecule has 1 saturated carbocycles. The Labute approximate surface area is 113 Å². The molecule has 0 bridgehead atoms. The summed E-state index contributed by atoms with van der Waals surface area (Å²) < 4.78 is 27.3. The zero-order valence-electron chi connectivity index (χ0n) is 10.6. The lowest BCUT2D eigenvalue weighted by Crippen LogP contribution is -2.35. The van der Waals surface area contributed by atoms with Crippen LogP contribution in [0.15, 0.2) is 15.7 Å². The standard InChI is InChI=1S/C12H20N2O2S2/c1-2-12(5-3-4-6-12)9-14-18(15,16)11-7-10(13)8-17-11/h7-8,14H,2-6,9,13H2,1H3. The summed E-state index contributed by atoms with van der Waals surface area (Å²) in [6, 6.07) is 1.51. The Hall–Kier alpha value is -0.590. The second-order valence-corrected chi connectivity index (χ2v) is 7.99. The van der Waals surface area contributed by atoms with Crippen molar-refractivity contribution >= 4 is 27.0 Å². The molecule has 0 aromatic carbocycles. The van der Waals surface area contributed by atoms with Crippen molar-refractivity contribution in [2.24, 2.45) is 5.41 Å². The maximum atomic E-state index is 12.1. The van der Waals surface area contributed by atoms with Gasteiger partial charge in [-0.1, -0.05) is 19.8 Å². The van der Waals surface area contributed by atoms with Gasteiger partial charge >= 0.3 is 0 Å². The molecule has 0 unspecified atom stereocenters. The van der Waals surface area contributed by atoms with Crippen molar-refractivity contribution in [1.29, 1.82) is 0 Å². The van der Waals surface area contributed by atoms with E-state index in [-0.39, 0.29) is 5.41 Å². The van der Waals surface area contributed by atoms with E-state index in [0.717, 1.165) is 19.3 Å². The first-order chi connectivity index (χ1) is 8.47. The third-order valence-corrected chi connectivity index (χ3v) is 6.77. The van der Waals surface area contributed by atoms with Crippen LogP contribution in [0.4, 0.5) is 5.69 Å². The first-order valence-corrected chi connectivity index (χ1v) is 8.67. The summed E-state index contributed by atoms with van der Waals surface area (Å²) in [5.41, 5.74) is 6.23. The molecule has 2 rings (SSSR count). The fraction of sp³-hybridized carbons (Fsp3) is 0.667. The van der Waals surface area contributed by atoms with Crippen LogP contribution in [0.3, 0.4) is 0 Å². The van der Waals surface area contributed by atoms with Crippen molar-refractivity contribution in [3.05, 3.63) is 11.4 Å². The van der Waals surface area contributed by atoms with E-state index in [0.29, 0.717) is 16.4 Å². The molecule has 1 aliphatic carbocycles. The third-order valence-electron chi connectivity index (χ3n) is 3.91. The van der Waals surface area contributed by atoms with Gasteiger partial charge in [0, 0.05) is 17.6 Å². The van der Waals surface area contributed by atoms with Crippen LogP contribution in [0.5, 0.6) is 0 Å². The summed E-state index contributed by atoms with van der Waals surface area (Å²) in [6.45, 7) is 2.69. The maximum Gasteiger partial charge on any atom is 0.250 e. The summed E-state index contributed by atoms with van der Waals surface area (Å²) in [7, 11) is -3.39. The van der Waals surface area contributed by atoms with Gasteiger partial charge in [0.2, 0.25) is 10.0 Å². The predicted molar refractivity (Wildman–Crippen MR) is 75.1 cm³/mol. The zero-order valence-corrected chi connectivity index (χ0v) is 12.2. The maximum absolute atomic E-state index is 12.1. The van der Waals surface area contributed by atoms with Gasteiger partial charge in [0.25, 0.3) is 0 Å². The molecule has 1 aromatic heterocycles. The molecule has 0 radical (unpaired) electrons. The number of hydrogen-bond donors (Lipinski definition) is 2. The van der Waals surface area contributed by atoms with Gasteiger partial charge in [-0.15, -0.1) is 11.3 Å². The Balaban J connectivity index is 2.05. The second kappa shape index (κ2) is 5.19. The summed E-state index contributed by atoms with van der Waals surface area (Å²) >= 11 is 1.17. The van der Waals surface area contributed by atoms with Gasteiger partial charge in [0.1, 0.15) is 4.21 Å². The lowest BCUT2D eigenvalue weighted by atomic mass is 9.84. The molecule has 3 N–H and O–H groups in total. The van der Waals surface area contributed by atoms with Crippen molar-refractivity contribution < 1.29 is 8.42 Å². The molecule has 1 heterocycles. The number of anilines is 1. The first kappa shape index (κ1) is 13.8. The summed E-state index contributed by atoms with van der Waals surface area (Å²) in [5.74, 6) is 0. The number of sulfonamides is 1. The van der Waals surface area contributed by atoms with Gasteiger partial charge in [-0.2, -0.15) is 0 Å². The minimum atomic E-state index is -3.39. The Morgan fingerprint density at radius 1 is 1.44 bits per heavy atom. The molecule has 0 amide bonds. The lowest BCUT2D eigenvalue weighted by Gasteiger charge is -2.27. The molecule has 1 fully saturated rings. The Morgan fingerprint density at radius 2 is 2.11 bits per heavy atom. The van der Waals surface area contributed by atoms with Crippen molar-refractivity contribution in [3.8, 4) is 0 Å². The van der Waals surface area contributed by atoms with E-state index in [1.165, 1.54) is 30.2 Å². The van der Waals surface area contributed by atoms with Gasteiger partial charge < -0.3 is 5.73 Å². The molecule has 0 saturated heterocycles. The van der Waals surface area contributed by atoms with Crippen LogP contribution in [0.2, 0.25) is 0 Å². The molecule has 4 nitrogen and oxygen atoms in total.